The molecule has 0 spiro atoms. The highest BCUT2D eigenvalue weighted by molar-refractivity contribution is 4.93. The molecule has 1 aliphatic carbocycles. The van der Waals surface area contributed by atoms with Gasteiger partial charge in [0.25, 0.3) is 0 Å². The number of rotatable bonds is 1. The van der Waals surface area contributed by atoms with Crippen molar-refractivity contribution in [2.45, 2.75) is 24.7 Å². The lowest BCUT2D eigenvalue weighted by Crippen LogP contribution is -2.33. The summed E-state index contributed by atoms with van der Waals surface area (Å²) in [6, 6.07) is -0.507. The second kappa shape index (κ2) is 2.82. The van der Waals surface area contributed by atoms with E-state index in [0.717, 1.165) is 0 Å². The molecule has 0 aromatic heterocycles. The molecule has 0 aromatic rings. The van der Waals surface area contributed by atoms with Gasteiger partial charge in [-0.05, 0) is 6.42 Å². The van der Waals surface area contributed by atoms with Gasteiger partial charge in [0.05, 0.1) is 0 Å². The lowest BCUT2D eigenvalue weighted by molar-refractivity contribution is 0.0611. The Morgan fingerprint density at radius 1 is 1.60 bits per heavy atom. The van der Waals surface area contributed by atoms with Crippen molar-refractivity contribution in [1.29, 1.82) is 0 Å². The van der Waals surface area contributed by atoms with Gasteiger partial charge in [-0.1, -0.05) is 0 Å². The number of hydrogen-bond acceptors (Lipinski definition) is 3. The Morgan fingerprint density at radius 2 is 2.20 bits per heavy atom. The van der Waals surface area contributed by atoms with Crippen LogP contribution < -0.4 is 5.73 Å². The first-order chi connectivity index (χ1) is 4.66. The second-order valence-corrected chi connectivity index (χ2v) is 2.78. The zero-order valence-corrected chi connectivity index (χ0v) is 5.57. The maximum absolute atomic E-state index is 12.7. The number of aliphatic hydroxyl groups excluding tert-OH is 2. The molecule has 1 saturated carbocycles. The lowest BCUT2D eigenvalue weighted by atomic mass is 10.1. The molecule has 0 aliphatic heterocycles. The van der Waals surface area contributed by atoms with Crippen LogP contribution in [0.2, 0.25) is 0 Å². The van der Waals surface area contributed by atoms with Crippen LogP contribution in [0.5, 0.6) is 0 Å². The van der Waals surface area contributed by atoms with E-state index in [-0.39, 0.29) is 6.61 Å². The minimum Gasteiger partial charge on any atom is -0.396 e. The summed E-state index contributed by atoms with van der Waals surface area (Å²) in [5, 5.41) is 17.5. The summed E-state index contributed by atoms with van der Waals surface area (Å²) in [4.78, 5) is 0. The molecular formula is C6H12FNO2. The number of hydrogen-bond donors (Lipinski definition) is 3. The smallest absolute Gasteiger partial charge is 0.132 e. The second-order valence-electron chi connectivity index (χ2n) is 2.78. The Morgan fingerprint density at radius 3 is 2.40 bits per heavy atom. The van der Waals surface area contributed by atoms with Crippen molar-refractivity contribution in [3.63, 3.8) is 0 Å². The quantitative estimate of drug-likeness (QED) is 0.449. The van der Waals surface area contributed by atoms with Crippen LogP contribution in [0.3, 0.4) is 0 Å². The molecule has 4 N–H and O–H groups in total. The van der Waals surface area contributed by atoms with Crippen molar-refractivity contribution in [2.24, 2.45) is 11.7 Å². The molecule has 4 atom stereocenters. The molecule has 1 rings (SSSR count). The van der Waals surface area contributed by atoms with Crippen molar-refractivity contribution < 1.29 is 14.6 Å². The summed E-state index contributed by atoms with van der Waals surface area (Å²) < 4.78 is 12.7. The molecule has 10 heavy (non-hydrogen) atoms. The number of halogens is 1. The molecule has 0 bridgehead atoms. The third-order valence-corrected chi connectivity index (χ3v) is 2.02. The van der Waals surface area contributed by atoms with Crippen molar-refractivity contribution in [3.05, 3.63) is 0 Å². The molecule has 0 heterocycles. The Balaban J connectivity index is 2.53. The van der Waals surface area contributed by atoms with Gasteiger partial charge in [-0.25, -0.2) is 4.39 Å². The molecule has 4 heteroatoms. The number of nitrogens with two attached hydrogens (primary N) is 1. The Bertz CT molecular complexity index is 122. The van der Waals surface area contributed by atoms with E-state index in [9.17, 15) is 4.39 Å². The van der Waals surface area contributed by atoms with Gasteiger partial charge in [-0.15, -0.1) is 0 Å². The molecule has 0 radical (unpaired) electrons. The zero-order chi connectivity index (χ0) is 7.72. The SMILES string of the molecule is NC1CC(CO)C(F)C1O. The van der Waals surface area contributed by atoms with E-state index in [1.54, 1.807) is 0 Å². The number of alkyl halides is 1. The van der Waals surface area contributed by atoms with Crippen LogP contribution in [0.4, 0.5) is 4.39 Å². The number of aliphatic hydroxyl groups is 2. The molecule has 60 valence electrons. The molecule has 4 unspecified atom stereocenters. The van der Waals surface area contributed by atoms with E-state index in [2.05, 4.69) is 0 Å². The van der Waals surface area contributed by atoms with Gasteiger partial charge in [0.15, 0.2) is 0 Å². The fourth-order valence-corrected chi connectivity index (χ4v) is 1.31. The van der Waals surface area contributed by atoms with Crippen LogP contribution in [0.1, 0.15) is 6.42 Å². The summed E-state index contributed by atoms with van der Waals surface area (Å²) in [5.74, 6) is -0.468. The van der Waals surface area contributed by atoms with E-state index < -0.39 is 24.2 Å². The summed E-state index contributed by atoms with van der Waals surface area (Å²) in [7, 11) is 0. The summed E-state index contributed by atoms with van der Waals surface area (Å²) in [5.41, 5.74) is 5.33. The van der Waals surface area contributed by atoms with Crippen LogP contribution in [0, 0.1) is 5.92 Å². The topological polar surface area (TPSA) is 66.5 Å². The van der Waals surface area contributed by atoms with Gasteiger partial charge >= 0.3 is 0 Å². The van der Waals surface area contributed by atoms with E-state index in [0.29, 0.717) is 6.42 Å². The van der Waals surface area contributed by atoms with Gasteiger partial charge in [0, 0.05) is 18.6 Å². The summed E-state index contributed by atoms with van der Waals surface area (Å²) in [6.45, 7) is -0.230. The zero-order valence-electron chi connectivity index (χ0n) is 5.57. The first-order valence-electron chi connectivity index (χ1n) is 3.35. The minimum atomic E-state index is -1.35. The van der Waals surface area contributed by atoms with E-state index in [4.69, 9.17) is 15.9 Å². The molecule has 1 aliphatic rings. The van der Waals surface area contributed by atoms with Gasteiger partial charge in [0.1, 0.15) is 12.3 Å². The summed E-state index contributed by atoms with van der Waals surface area (Å²) >= 11 is 0. The Labute approximate surface area is 58.7 Å². The average Bonchev–Trinajstić information content (AvgIpc) is 2.17. The van der Waals surface area contributed by atoms with Crippen LogP contribution >= 0.6 is 0 Å². The van der Waals surface area contributed by atoms with Crippen LogP contribution in [-0.2, 0) is 0 Å². The van der Waals surface area contributed by atoms with Gasteiger partial charge in [-0.3, -0.25) is 0 Å². The van der Waals surface area contributed by atoms with Crippen molar-refractivity contribution in [3.8, 4) is 0 Å². The van der Waals surface area contributed by atoms with Gasteiger partial charge in [0.2, 0.25) is 0 Å². The molecule has 0 saturated heterocycles. The highest BCUT2D eigenvalue weighted by atomic mass is 19.1. The third kappa shape index (κ3) is 1.14. The molecule has 3 nitrogen and oxygen atoms in total. The first-order valence-corrected chi connectivity index (χ1v) is 3.35. The van der Waals surface area contributed by atoms with Crippen LogP contribution in [0.25, 0.3) is 0 Å². The van der Waals surface area contributed by atoms with E-state index in [1.807, 2.05) is 0 Å². The van der Waals surface area contributed by atoms with Crippen LogP contribution in [0.15, 0.2) is 0 Å². The van der Waals surface area contributed by atoms with Crippen molar-refractivity contribution in [1.82, 2.24) is 0 Å². The largest absolute Gasteiger partial charge is 0.396 e. The fourth-order valence-electron chi connectivity index (χ4n) is 1.31. The standard InChI is InChI=1S/C6H12FNO2/c7-5-3(2-9)1-4(8)6(5)10/h3-6,9-10H,1-2,8H2. The monoisotopic (exact) mass is 149 g/mol. The molecule has 1 fully saturated rings. The highest BCUT2D eigenvalue weighted by Crippen LogP contribution is 2.27. The normalized spacial score (nSPS) is 48.0. The minimum absolute atomic E-state index is 0.230. The van der Waals surface area contributed by atoms with Gasteiger partial charge < -0.3 is 15.9 Å². The van der Waals surface area contributed by atoms with Crippen molar-refractivity contribution >= 4 is 0 Å². The lowest BCUT2D eigenvalue weighted by Gasteiger charge is -2.10. The predicted molar refractivity (Wildman–Crippen MR) is 34.1 cm³/mol. The predicted octanol–water partition coefficient (Wildman–Crippen LogP) is -0.975. The molecule has 0 amide bonds. The fraction of sp³-hybridized carbons (Fsp3) is 1.00. The van der Waals surface area contributed by atoms with Crippen LogP contribution in [-0.4, -0.2) is 35.1 Å². The molecular weight excluding hydrogens is 137 g/mol. The third-order valence-electron chi connectivity index (χ3n) is 2.02. The maximum atomic E-state index is 12.7. The first kappa shape index (κ1) is 7.91. The van der Waals surface area contributed by atoms with Crippen molar-refractivity contribution in [2.75, 3.05) is 6.61 Å². The van der Waals surface area contributed by atoms with Gasteiger partial charge in [-0.2, -0.15) is 0 Å². The van der Waals surface area contributed by atoms with E-state index in [1.165, 1.54) is 0 Å². The maximum Gasteiger partial charge on any atom is 0.132 e. The summed E-state index contributed by atoms with van der Waals surface area (Å²) in [6.07, 6.45) is -2.06. The Kier molecular flexibility index (Phi) is 2.23. The molecule has 0 aromatic carbocycles. The Hall–Kier alpha value is -0.190. The highest BCUT2D eigenvalue weighted by Gasteiger charge is 2.40. The van der Waals surface area contributed by atoms with E-state index >= 15 is 0 Å². The average molecular weight is 149 g/mol.